The molecule has 6 N–H and O–H groups in total. The Morgan fingerprint density at radius 2 is 2.23 bits per heavy atom. The summed E-state index contributed by atoms with van der Waals surface area (Å²) in [6.45, 7) is -0.269. The highest BCUT2D eigenvalue weighted by Gasteiger charge is 2.18. The number of nitrogens with two attached hydrogens (primary N) is 1. The van der Waals surface area contributed by atoms with Crippen LogP contribution in [0.5, 0.6) is 0 Å². The van der Waals surface area contributed by atoms with Crippen molar-refractivity contribution in [2.24, 2.45) is 5.92 Å². The Labute approximate surface area is 124 Å². The smallest absolute Gasteiger partial charge is 0.396 e. The first-order valence-electron chi connectivity index (χ1n) is 6.31. The first-order valence-corrected chi connectivity index (χ1v) is 7.84. The lowest BCUT2D eigenvalue weighted by molar-refractivity contribution is 0.122. The van der Waals surface area contributed by atoms with Crippen LogP contribution in [0, 0.1) is 5.92 Å². The number of nitrogens with one attached hydrogen (secondary N) is 1. The van der Waals surface area contributed by atoms with Gasteiger partial charge in [-0.2, -0.15) is 4.98 Å². The minimum Gasteiger partial charge on any atom is -0.396 e. The Balaban J connectivity index is 2.07. The number of hydrogen-bond acceptors (Lipinski definition) is 7. The van der Waals surface area contributed by atoms with Gasteiger partial charge in [-0.1, -0.05) is 0 Å². The fraction of sp³-hybridized carbons (Fsp3) is 0.500. The lowest BCUT2D eigenvalue weighted by Gasteiger charge is -2.15. The highest BCUT2D eigenvalue weighted by atomic mass is 31.2. The van der Waals surface area contributed by atoms with Gasteiger partial charge in [0.15, 0.2) is 11.2 Å². The van der Waals surface area contributed by atoms with Crippen molar-refractivity contribution < 1.29 is 24.0 Å². The van der Waals surface area contributed by atoms with Crippen LogP contribution in [0.3, 0.4) is 0 Å². The van der Waals surface area contributed by atoms with E-state index in [0.717, 1.165) is 0 Å². The number of hydrogen-bond donors (Lipinski definition) is 5. The molecule has 0 aliphatic rings. The van der Waals surface area contributed by atoms with Crippen LogP contribution < -0.4 is 11.3 Å². The zero-order chi connectivity index (χ0) is 16.3. The minimum absolute atomic E-state index is 0.0391. The summed E-state index contributed by atoms with van der Waals surface area (Å²) in [6, 6.07) is 0. The molecule has 2 aromatic rings. The van der Waals surface area contributed by atoms with E-state index in [-0.39, 0.29) is 24.7 Å². The van der Waals surface area contributed by atoms with Gasteiger partial charge in [-0.15, -0.1) is 0 Å². The maximum Gasteiger partial charge on any atom is 0.469 e. The van der Waals surface area contributed by atoms with Crippen molar-refractivity contribution in [2.75, 3.05) is 18.9 Å². The van der Waals surface area contributed by atoms with Gasteiger partial charge in [0.2, 0.25) is 5.95 Å². The van der Waals surface area contributed by atoms with Gasteiger partial charge in [-0.3, -0.25) is 14.3 Å². The van der Waals surface area contributed by atoms with Crippen molar-refractivity contribution in [1.29, 1.82) is 0 Å². The van der Waals surface area contributed by atoms with Crippen molar-refractivity contribution >= 4 is 24.9 Å². The Morgan fingerprint density at radius 1 is 1.50 bits per heavy atom. The molecule has 1 unspecified atom stereocenters. The predicted molar refractivity (Wildman–Crippen MR) is 75.8 cm³/mol. The average Bonchev–Trinajstić information content (AvgIpc) is 2.81. The predicted octanol–water partition coefficient (Wildman–Crippen LogP) is -1.19. The second-order valence-electron chi connectivity index (χ2n) is 4.68. The van der Waals surface area contributed by atoms with Crippen molar-refractivity contribution in [1.82, 2.24) is 19.5 Å². The molecular formula is C10H16N5O6P. The summed E-state index contributed by atoms with van der Waals surface area (Å²) in [7, 11) is -4.57. The van der Waals surface area contributed by atoms with Gasteiger partial charge < -0.3 is 25.2 Å². The number of H-pyrrole nitrogens is 1. The lowest BCUT2D eigenvalue weighted by Crippen LogP contribution is -2.16. The van der Waals surface area contributed by atoms with Crippen LogP contribution in [0.4, 0.5) is 5.95 Å². The number of aliphatic hydroxyl groups is 1. The van der Waals surface area contributed by atoms with Gasteiger partial charge in [0.1, 0.15) is 0 Å². The van der Waals surface area contributed by atoms with Crippen LogP contribution in [0.1, 0.15) is 6.42 Å². The standard InChI is InChI=1S/C10H16N5O6P/c11-10-13-8-7(9(17)14-10)12-5-15(8)2-1-6(3-16)4-21-22(18,19)20/h5-6,16H,1-4H2,(H2,18,19,20)(H3,11,13,14,17). The third-order valence-electron chi connectivity index (χ3n) is 3.01. The van der Waals surface area contributed by atoms with E-state index in [0.29, 0.717) is 18.6 Å². The molecule has 1 atom stereocenters. The van der Waals surface area contributed by atoms with Gasteiger partial charge in [-0.25, -0.2) is 9.55 Å². The summed E-state index contributed by atoms with van der Waals surface area (Å²) in [5, 5.41) is 9.20. The minimum atomic E-state index is -4.57. The van der Waals surface area contributed by atoms with Crippen LogP contribution in [-0.4, -0.2) is 47.6 Å². The molecule has 122 valence electrons. The maximum absolute atomic E-state index is 11.6. The summed E-state index contributed by atoms with van der Waals surface area (Å²) in [4.78, 5) is 39.2. The van der Waals surface area contributed by atoms with Crippen molar-refractivity contribution in [3.05, 3.63) is 16.7 Å². The molecule has 0 aromatic carbocycles. The topological polar surface area (TPSA) is 177 Å². The van der Waals surface area contributed by atoms with E-state index in [2.05, 4.69) is 19.5 Å². The summed E-state index contributed by atoms with van der Waals surface area (Å²) < 4.78 is 16.6. The number of aromatic amines is 1. The van der Waals surface area contributed by atoms with E-state index >= 15 is 0 Å². The quantitative estimate of drug-likeness (QED) is 0.390. The normalized spacial score (nSPS) is 13.6. The lowest BCUT2D eigenvalue weighted by atomic mass is 10.1. The summed E-state index contributed by atoms with van der Waals surface area (Å²) in [5.74, 6) is -0.521. The summed E-state index contributed by atoms with van der Waals surface area (Å²) >= 11 is 0. The number of rotatable bonds is 7. The molecular weight excluding hydrogens is 317 g/mol. The van der Waals surface area contributed by atoms with Crippen LogP contribution in [-0.2, 0) is 15.6 Å². The summed E-state index contributed by atoms with van der Waals surface area (Å²) in [5.41, 5.74) is 5.46. The first kappa shape index (κ1) is 16.6. The van der Waals surface area contributed by atoms with Crippen molar-refractivity contribution in [3.63, 3.8) is 0 Å². The van der Waals surface area contributed by atoms with E-state index in [9.17, 15) is 14.5 Å². The Morgan fingerprint density at radius 3 is 2.86 bits per heavy atom. The average molecular weight is 333 g/mol. The van der Waals surface area contributed by atoms with Gasteiger partial charge in [0.25, 0.3) is 5.56 Å². The molecule has 0 bridgehead atoms. The number of nitrogen functional groups attached to an aromatic ring is 1. The molecule has 2 aromatic heterocycles. The zero-order valence-corrected chi connectivity index (χ0v) is 12.3. The first-order chi connectivity index (χ1) is 10.3. The fourth-order valence-electron chi connectivity index (χ4n) is 1.89. The van der Waals surface area contributed by atoms with Crippen LogP contribution in [0.25, 0.3) is 11.2 Å². The Kier molecular flexibility index (Phi) is 4.94. The monoisotopic (exact) mass is 333 g/mol. The molecule has 0 amide bonds. The van der Waals surface area contributed by atoms with Gasteiger partial charge >= 0.3 is 7.82 Å². The van der Waals surface area contributed by atoms with Crippen molar-refractivity contribution in [3.8, 4) is 0 Å². The number of aryl methyl sites for hydroxylation is 1. The van der Waals surface area contributed by atoms with Gasteiger partial charge in [0, 0.05) is 19.1 Å². The van der Waals surface area contributed by atoms with Crippen LogP contribution in [0.2, 0.25) is 0 Å². The van der Waals surface area contributed by atoms with E-state index in [1.54, 1.807) is 4.57 Å². The SMILES string of the molecule is Nc1nc2c(ncn2CCC(CO)COP(=O)(O)O)c(=O)[nH]1. The number of phosphoric ester groups is 1. The molecule has 0 saturated heterocycles. The highest BCUT2D eigenvalue weighted by Crippen LogP contribution is 2.36. The molecule has 12 heteroatoms. The van der Waals surface area contributed by atoms with E-state index < -0.39 is 19.3 Å². The number of phosphoric acid groups is 1. The molecule has 0 aliphatic carbocycles. The van der Waals surface area contributed by atoms with Gasteiger partial charge in [0.05, 0.1) is 12.9 Å². The Bertz CT molecular complexity index is 752. The number of anilines is 1. The third-order valence-corrected chi connectivity index (χ3v) is 3.49. The fourth-order valence-corrected chi connectivity index (χ4v) is 2.29. The van der Waals surface area contributed by atoms with Crippen LogP contribution >= 0.6 is 7.82 Å². The number of nitrogens with zero attached hydrogens (tertiary/aromatic N) is 3. The number of fused-ring (bicyclic) bond motifs is 1. The van der Waals surface area contributed by atoms with E-state index in [1.807, 2.05) is 0 Å². The van der Waals surface area contributed by atoms with E-state index in [4.69, 9.17) is 15.5 Å². The molecule has 0 fully saturated rings. The molecule has 11 nitrogen and oxygen atoms in total. The maximum atomic E-state index is 11.6. The molecule has 0 saturated carbocycles. The van der Waals surface area contributed by atoms with Crippen LogP contribution in [0.15, 0.2) is 11.1 Å². The van der Waals surface area contributed by atoms with E-state index in [1.165, 1.54) is 6.33 Å². The second kappa shape index (κ2) is 6.55. The number of aliphatic hydroxyl groups excluding tert-OH is 1. The second-order valence-corrected chi connectivity index (χ2v) is 5.92. The number of imidazole rings is 1. The summed E-state index contributed by atoms with van der Waals surface area (Å²) in [6.07, 6.45) is 1.75. The molecule has 22 heavy (non-hydrogen) atoms. The third kappa shape index (κ3) is 4.12. The largest absolute Gasteiger partial charge is 0.469 e. The molecule has 0 spiro atoms. The highest BCUT2D eigenvalue weighted by molar-refractivity contribution is 7.46. The van der Waals surface area contributed by atoms with Gasteiger partial charge in [-0.05, 0) is 6.42 Å². The molecule has 0 aliphatic heterocycles. The molecule has 0 radical (unpaired) electrons. The number of aromatic nitrogens is 4. The molecule has 2 rings (SSSR count). The Hall–Kier alpha value is -1.78. The molecule has 2 heterocycles. The zero-order valence-electron chi connectivity index (χ0n) is 11.4. The van der Waals surface area contributed by atoms with Crippen molar-refractivity contribution in [2.45, 2.75) is 13.0 Å².